The molecule has 0 saturated heterocycles. The SMILES string of the molecule is Cc1cc(Cl)c(Nc2ccc(F)cc2C(N)=S)cc1Cl. The van der Waals surface area contributed by atoms with Crippen LogP contribution in [-0.4, -0.2) is 4.99 Å². The Balaban J connectivity index is 2.45. The van der Waals surface area contributed by atoms with E-state index in [9.17, 15) is 4.39 Å². The minimum atomic E-state index is -0.411. The number of rotatable bonds is 3. The van der Waals surface area contributed by atoms with Crippen molar-refractivity contribution >= 4 is 51.8 Å². The van der Waals surface area contributed by atoms with Crippen molar-refractivity contribution in [1.82, 2.24) is 0 Å². The first kappa shape index (κ1) is 15.0. The summed E-state index contributed by atoms with van der Waals surface area (Å²) in [7, 11) is 0. The molecule has 104 valence electrons. The molecular formula is C14H11Cl2FN2S. The van der Waals surface area contributed by atoms with Crippen LogP contribution in [0, 0.1) is 12.7 Å². The molecule has 2 aromatic rings. The van der Waals surface area contributed by atoms with E-state index < -0.39 is 5.82 Å². The number of nitrogens with one attached hydrogen (secondary N) is 1. The summed E-state index contributed by atoms with van der Waals surface area (Å²) in [5.41, 5.74) is 8.05. The predicted octanol–water partition coefficient (Wildman–Crippen LogP) is 4.82. The van der Waals surface area contributed by atoms with Gasteiger partial charge in [-0.2, -0.15) is 0 Å². The van der Waals surface area contributed by atoms with Gasteiger partial charge in [-0.25, -0.2) is 4.39 Å². The van der Waals surface area contributed by atoms with Gasteiger partial charge in [0.1, 0.15) is 10.8 Å². The van der Waals surface area contributed by atoms with E-state index in [1.165, 1.54) is 12.1 Å². The highest BCUT2D eigenvalue weighted by molar-refractivity contribution is 7.80. The number of aryl methyl sites for hydroxylation is 1. The molecule has 0 heterocycles. The Hall–Kier alpha value is -1.36. The molecule has 3 N–H and O–H groups in total. The third-order valence-electron chi connectivity index (χ3n) is 2.76. The van der Waals surface area contributed by atoms with Crippen molar-refractivity contribution in [2.24, 2.45) is 5.73 Å². The Morgan fingerprint density at radius 2 is 1.85 bits per heavy atom. The zero-order chi connectivity index (χ0) is 14.9. The van der Waals surface area contributed by atoms with Gasteiger partial charge in [-0.1, -0.05) is 35.4 Å². The van der Waals surface area contributed by atoms with Crippen molar-refractivity contribution in [2.45, 2.75) is 6.92 Å². The molecule has 0 aromatic heterocycles. The Morgan fingerprint density at radius 3 is 2.50 bits per heavy atom. The lowest BCUT2D eigenvalue weighted by Gasteiger charge is -2.13. The molecule has 0 amide bonds. The fourth-order valence-corrected chi connectivity index (χ4v) is 2.31. The number of hydrogen-bond acceptors (Lipinski definition) is 2. The van der Waals surface area contributed by atoms with Crippen LogP contribution in [0.15, 0.2) is 30.3 Å². The maximum absolute atomic E-state index is 13.3. The first-order chi connectivity index (χ1) is 9.38. The lowest BCUT2D eigenvalue weighted by Crippen LogP contribution is -2.12. The van der Waals surface area contributed by atoms with Gasteiger partial charge in [-0.15, -0.1) is 0 Å². The molecule has 0 atom stereocenters. The van der Waals surface area contributed by atoms with Crippen LogP contribution in [0.2, 0.25) is 10.0 Å². The summed E-state index contributed by atoms with van der Waals surface area (Å²) in [5.74, 6) is -0.411. The van der Waals surface area contributed by atoms with E-state index in [0.29, 0.717) is 27.0 Å². The average Bonchev–Trinajstić information content (AvgIpc) is 2.37. The van der Waals surface area contributed by atoms with Crippen molar-refractivity contribution in [2.75, 3.05) is 5.32 Å². The van der Waals surface area contributed by atoms with Gasteiger partial charge in [-0.3, -0.25) is 0 Å². The first-order valence-corrected chi connectivity index (χ1v) is 6.87. The summed E-state index contributed by atoms with van der Waals surface area (Å²) in [4.78, 5) is 0.0985. The van der Waals surface area contributed by atoms with Gasteiger partial charge in [0.15, 0.2) is 0 Å². The van der Waals surface area contributed by atoms with Crippen LogP contribution in [0.4, 0.5) is 15.8 Å². The van der Waals surface area contributed by atoms with Gasteiger partial charge in [0, 0.05) is 16.3 Å². The second kappa shape index (κ2) is 5.95. The minimum absolute atomic E-state index is 0.0985. The highest BCUT2D eigenvalue weighted by atomic mass is 35.5. The molecule has 6 heteroatoms. The molecule has 0 aliphatic heterocycles. The average molecular weight is 329 g/mol. The highest BCUT2D eigenvalue weighted by Crippen LogP contribution is 2.32. The van der Waals surface area contributed by atoms with Crippen LogP contribution in [0.25, 0.3) is 0 Å². The smallest absolute Gasteiger partial charge is 0.124 e. The second-order valence-electron chi connectivity index (χ2n) is 4.26. The third-order valence-corrected chi connectivity index (χ3v) is 3.70. The van der Waals surface area contributed by atoms with Crippen LogP contribution in [0.1, 0.15) is 11.1 Å². The Kier molecular flexibility index (Phi) is 4.48. The van der Waals surface area contributed by atoms with Gasteiger partial charge in [0.2, 0.25) is 0 Å². The highest BCUT2D eigenvalue weighted by Gasteiger charge is 2.10. The summed E-state index contributed by atoms with van der Waals surface area (Å²) < 4.78 is 13.3. The van der Waals surface area contributed by atoms with Gasteiger partial charge >= 0.3 is 0 Å². The van der Waals surface area contributed by atoms with Crippen molar-refractivity contribution in [3.05, 3.63) is 57.3 Å². The van der Waals surface area contributed by atoms with Crippen molar-refractivity contribution in [1.29, 1.82) is 0 Å². The molecule has 2 rings (SSSR count). The van der Waals surface area contributed by atoms with Crippen LogP contribution < -0.4 is 11.1 Å². The topological polar surface area (TPSA) is 38.0 Å². The van der Waals surface area contributed by atoms with Crippen molar-refractivity contribution < 1.29 is 4.39 Å². The van der Waals surface area contributed by atoms with Gasteiger partial charge in [0.25, 0.3) is 0 Å². The van der Waals surface area contributed by atoms with E-state index in [1.807, 2.05) is 6.92 Å². The third kappa shape index (κ3) is 3.20. The summed E-state index contributed by atoms with van der Waals surface area (Å²) in [6.07, 6.45) is 0. The zero-order valence-electron chi connectivity index (χ0n) is 10.5. The maximum Gasteiger partial charge on any atom is 0.124 e. The lowest BCUT2D eigenvalue weighted by atomic mass is 10.1. The molecule has 0 bridgehead atoms. The van der Waals surface area contributed by atoms with Crippen LogP contribution in [0.3, 0.4) is 0 Å². The molecule has 0 radical (unpaired) electrons. The molecule has 0 spiro atoms. The molecular weight excluding hydrogens is 318 g/mol. The summed E-state index contributed by atoms with van der Waals surface area (Å²) in [6.45, 7) is 1.86. The molecule has 0 aliphatic rings. The van der Waals surface area contributed by atoms with E-state index in [4.69, 9.17) is 41.2 Å². The van der Waals surface area contributed by atoms with E-state index in [2.05, 4.69) is 5.32 Å². The summed E-state index contributed by atoms with van der Waals surface area (Å²) in [6, 6.07) is 7.58. The standard InChI is InChI=1S/C14H11Cl2FN2S/c1-7-4-11(16)13(6-10(7)15)19-12-3-2-8(17)5-9(12)14(18)20/h2-6,19H,1H3,(H2,18,20). The monoisotopic (exact) mass is 328 g/mol. The van der Waals surface area contributed by atoms with Crippen LogP contribution in [-0.2, 0) is 0 Å². The van der Waals surface area contributed by atoms with Gasteiger partial charge < -0.3 is 11.1 Å². The molecule has 0 unspecified atom stereocenters. The number of nitrogens with two attached hydrogens (primary N) is 1. The van der Waals surface area contributed by atoms with Crippen LogP contribution >= 0.6 is 35.4 Å². The Labute approximate surface area is 131 Å². The quantitative estimate of drug-likeness (QED) is 0.793. The van der Waals surface area contributed by atoms with Crippen molar-refractivity contribution in [3.8, 4) is 0 Å². The number of anilines is 2. The van der Waals surface area contributed by atoms with E-state index >= 15 is 0 Å². The largest absolute Gasteiger partial charge is 0.389 e. The van der Waals surface area contributed by atoms with E-state index in [0.717, 1.165) is 5.56 Å². The molecule has 20 heavy (non-hydrogen) atoms. The first-order valence-electron chi connectivity index (χ1n) is 5.70. The summed E-state index contributed by atoms with van der Waals surface area (Å²) >= 11 is 17.1. The second-order valence-corrected chi connectivity index (χ2v) is 5.51. The molecule has 0 saturated carbocycles. The maximum atomic E-state index is 13.3. The van der Waals surface area contributed by atoms with Crippen LogP contribution in [0.5, 0.6) is 0 Å². The minimum Gasteiger partial charge on any atom is -0.389 e. The summed E-state index contributed by atoms with van der Waals surface area (Å²) in [5, 5.41) is 4.15. The van der Waals surface area contributed by atoms with Gasteiger partial charge in [-0.05, 0) is 42.8 Å². The van der Waals surface area contributed by atoms with E-state index in [-0.39, 0.29) is 4.99 Å². The predicted molar refractivity (Wildman–Crippen MR) is 86.8 cm³/mol. The Morgan fingerprint density at radius 1 is 1.15 bits per heavy atom. The van der Waals surface area contributed by atoms with Gasteiger partial charge in [0.05, 0.1) is 10.7 Å². The fraction of sp³-hybridized carbons (Fsp3) is 0.0714. The number of halogens is 3. The van der Waals surface area contributed by atoms with E-state index in [1.54, 1.807) is 18.2 Å². The number of hydrogen-bond donors (Lipinski definition) is 2. The molecule has 2 nitrogen and oxygen atoms in total. The molecule has 0 aliphatic carbocycles. The molecule has 0 fully saturated rings. The fourth-order valence-electron chi connectivity index (χ4n) is 1.72. The van der Waals surface area contributed by atoms with Crippen molar-refractivity contribution in [3.63, 3.8) is 0 Å². The number of benzene rings is 2. The number of thiocarbonyl (C=S) groups is 1. The zero-order valence-corrected chi connectivity index (χ0v) is 12.8. The normalized spacial score (nSPS) is 10.4. The Bertz CT molecular complexity index is 689. The molecule has 2 aromatic carbocycles. The lowest BCUT2D eigenvalue weighted by molar-refractivity contribution is 0.628.